The summed E-state index contributed by atoms with van der Waals surface area (Å²) >= 11 is 0. The van der Waals surface area contributed by atoms with Crippen LogP contribution in [0.25, 0.3) is 0 Å². The van der Waals surface area contributed by atoms with Gasteiger partial charge in [0.2, 0.25) is 0 Å². The number of hydrogen-bond acceptors (Lipinski definition) is 3. The zero-order chi connectivity index (χ0) is 16.7. The van der Waals surface area contributed by atoms with Gasteiger partial charge in [-0.2, -0.15) is 0 Å². The van der Waals surface area contributed by atoms with Crippen LogP contribution in [0.5, 0.6) is 11.5 Å². The van der Waals surface area contributed by atoms with E-state index in [1.54, 1.807) is 19.4 Å². The van der Waals surface area contributed by atoms with Gasteiger partial charge < -0.3 is 9.84 Å². The molecule has 0 amide bonds. The van der Waals surface area contributed by atoms with Gasteiger partial charge in [-0.25, -0.2) is 0 Å². The van der Waals surface area contributed by atoms with Crippen molar-refractivity contribution in [2.75, 3.05) is 7.11 Å². The third-order valence-electron chi connectivity index (χ3n) is 2.23. The van der Waals surface area contributed by atoms with Crippen molar-refractivity contribution in [2.45, 2.75) is 41.5 Å². The van der Waals surface area contributed by atoms with Crippen molar-refractivity contribution in [3.05, 3.63) is 53.9 Å². The Kier molecular flexibility index (Phi) is 14.6. The van der Waals surface area contributed by atoms with Gasteiger partial charge in [0.1, 0.15) is 11.5 Å². The molecule has 0 aliphatic carbocycles. The van der Waals surface area contributed by atoms with Gasteiger partial charge in [-0.15, -0.1) is 0 Å². The Hall–Kier alpha value is -2.03. The van der Waals surface area contributed by atoms with E-state index >= 15 is 0 Å². The first kappa shape index (κ1) is 21.3. The van der Waals surface area contributed by atoms with Gasteiger partial charge in [0.15, 0.2) is 0 Å². The second kappa shape index (κ2) is 14.4. The number of pyridine rings is 1. The highest BCUT2D eigenvalue weighted by Gasteiger charge is 1.95. The molecule has 1 aromatic heterocycles. The molecular formula is C18H29NO2. The maximum Gasteiger partial charge on any atom is 0.122 e. The molecule has 21 heavy (non-hydrogen) atoms. The largest absolute Gasteiger partial charge is 0.508 e. The Labute approximate surface area is 129 Å². The van der Waals surface area contributed by atoms with Crippen LogP contribution in [0, 0.1) is 13.8 Å². The predicted octanol–water partition coefficient (Wildman–Crippen LogP) is 5.15. The second-order valence-corrected chi connectivity index (χ2v) is 3.68. The van der Waals surface area contributed by atoms with Gasteiger partial charge in [0, 0.05) is 18.5 Å². The van der Waals surface area contributed by atoms with Gasteiger partial charge >= 0.3 is 0 Å². The normalized spacial score (nSPS) is 7.95. The Balaban J connectivity index is 0. The van der Waals surface area contributed by atoms with E-state index in [1.807, 2.05) is 72.0 Å². The van der Waals surface area contributed by atoms with E-state index in [2.05, 4.69) is 4.98 Å². The van der Waals surface area contributed by atoms with E-state index in [4.69, 9.17) is 9.84 Å². The molecule has 0 atom stereocenters. The summed E-state index contributed by atoms with van der Waals surface area (Å²) in [5, 5.41) is 9.15. The second-order valence-electron chi connectivity index (χ2n) is 3.68. The lowest BCUT2D eigenvalue weighted by Gasteiger charge is -2.01. The van der Waals surface area contributed by atoms with Crippen LogP contribution < -0.4 is 4.74 Å². The number of phenols is 1. The summed E-state index contributed by atoms with van der Waals surface area (Å²) in [6.45, 7) is 11.9. The molecule has 0 saturated carbocycles. The van der Waals surface area contributed by atoms with Crippen LogP contribution in [0.4, 0.5) is 0 Å². The molecule has 118 valence electrons. The Morgan fingerprint density at radius 3 is 1.95 bits per heavy atom. The number of aromatic nitrogens is 1. The Morgan fingerprint density at radius 2 is 1.62 bits per heavy atom. The molecule has 0 aliphatic heterocycles. The number of rotatable bonds is 1. The highest BCUT2D eigenvalue weighted by molar-refractivity contribution is 5.38. The van der Waals surface area contributed by atoms with Crippen molar-refractivity contribution in [2.24, 2.45) is 0 Å². The van der Waals surface area contributed by atoms with Crippen molar-refractivity contribution in [3.63, 3.8) is 0 Å². The summed E-state index contributed by atoms with van der Waals surface area (Å²) < 4.78 is 4.89. The van der Waals surface area contributed by atoms with E-state index in [0.29, 0.717) is 5.75 Å². The fraction of sp³-hybridized carbons (Fsp3) is 0.389. The van der Waals surface area contributed by atoms with Gasteiger partial charge in [0.25, 0.3) is 0 Å². The van der Waals surface area contributed by atoms with Crippen molar-refractivity contribution < 1.29 is 9.84 Å². The predicted molar refractivity (Wildman–Crippen MR) is 91.1 cm³/mol. The van der Waals surface area contributed by atoms with E-state index in [-0.39, 0.29) is 5.75 Å². The maximum atomic E-state index is 9.15. The minimum Gasteiger partial charge on any atom is -0.508 e. The maximum absolute atomic E-state index is 9.15. The number of hydrogen-bond donors (Lipinski definition) is 1. The van der Waals surface area contributed by atoms with Crippen LogP contribution >= 0.6 is 0 Å². The van der Waals surface area contributed by atoms with E-state index in [0.717, 1.165) is 5.56 Å². The Morgan fingerprint density at radius 1 is 1.00 bits per heavy atom. The molecular weight excluding hydrogens is 262 g/mol. The van der Waals surface area contributed by atoms with E-state index < -0.39 is 0 Å². The minimum absolute atomic E-state index is 0.277. The van der Waals surface area contributed by atoms with Crippen molar-refractivity contribution >= 4 is 0 Å². The first-order chi connectivity index (χ1) is 10.1. The van der Waals surface area contributed by atoms with E-state index in [9.17, 15) is 0 Å². The SMILES string of the molecule is CC.CC.COc1ccc(C)c(O)c1.Cc1cccnc1. The molecule has 1 heterocycles. The number of aryl methyl sites for hydroxylation is 2. The minimum atomic E-state index is 0.277. The highest BCUT2D eigenvalue weighted by atomic mass is 16.5. The smallest absolute Gasteiger partial charge is 0.122 e. The lowest BCUT2D eigenvalue weighted by atomic mass is 10.2. The standard InChI is InChI=1S/C8H10O2.C6H7N.2C2H6/c1-6-3-4-7(10-2)5-8(6)9;1-6-3-2-4-7-5-6;2*1-2/h3-5,9H,1-2H3;2-5H,1H3;2*1-2H3. The molecule has 2 aromatic rings. The Bertz CT molecular complexity index is 456. The number of ether oxygens (including phenoxy) is 1. The molecule has 0 aliphatic rings. The first-order valence-electron chi connectivity index (χ1n) is 7.33. The zero-order valence-corrected chi connectivity index (χ0v) is 14.3. The lowest BCUT2D eigenvalue weighted by molar-refractivity contribution is 0.407. The zero-order valence-electron chi connectivity index (χ0n) is 14.3. The molecule has 1 aromatic carbocycles. The summed E-state index contributed by atoms with van der Waals surface area (Å²) in [7, 11) is 1.57. The van der Waals surface area contributed by atoms with E-state index in [1.165, 1.54) is 5.56 Å². The van der Waals surface area contributed by atoms with Gasteiger partial charge in [-0.1, -0.05) is 39.8 Å². The van der Waals surface area contributed by atoms with Crippen LogP contribution in [0.1, 0.15) is 38.8 Å². The van der Waals surface area contributed by atoms with Crippen molar-refractivity contribution in [1.82, 2.24) is 4.98 Å². The van der Waals surface area contributed by atoms with Crippen LogP contribution in [0.2, 0.25) is 0 Å². The third kappa shape index (κ3) is 10.4. The average molecular weight is 291 g/mol. The van der Waals surface area contributed by atoms with Crippen LogP contribution in [-0.2, 0) is 0 Å². The average Bonchev–Trinajstić information content (AvgIpc) is 2.55. The molecule has 0 saturated heterocycles. The number of nitrogens with zero attached hydrogens (tertiary/aromatic N) is 1. The van der Waals surface area contributed by atoms with Gasteiger partial charge in [-0.05, 0) is 37.1 Å². The quantitative estimate of drug-likeness (QED) is 0.790. The van der Waals surface area contributed by atoms with Crippen LogP contribution in [0.3, 0.4) is 0 Å². The molecule has 0 unspecified atom stereocenters. The molecule has 2 rings (SSSR count). The molecule has 0 fully saturated rings. The fourth-order valence-corrected chi connectivity index (χ4v) is 1.16. The monoisotopic (exact) mass is 291 g/mol. The summed E-state index contributed by atoms with van der Waals surface area (Å²) in [5.41, 5.74) is 2.07. The number of phenolic OH excluding ortho intramolecular Hbond substituents is 1. The molecule has 0 bridgehead atoms. The number of aromatic hydroxyl groups is 1. The van der Waals surface area contributed by atoms with Crippen molar-refractivity contribution in [3.8, 4) is 11.5 Å². The number of methoxy groups -OCH3 is 1. The van der Waals surface area contributed by atoms with Gasteiger partial charge in [0.05, 0.1) is 7.11 Å². The van der Waals surface area contributed by atoms with Crippen molar-refractivity contribution in [1.29, 1.82) is 0 Å². The fourth-order valence-electron chi connectivity index (χ4n) is 1.16. The summed E-state index contributed by atoms with van der Waals surface area (Å²) in [4.78, 5) is 3.88. The third-order valence-corrected chi connectivity index (χ3v) is 2.23. The van der Waals surface area contributed by atoms with Crippen LogP contribution in [0.15, 0.2) is 42.7 Å². The highest BCUT2D eigenvalue weighted by Crippen LogP contribution is 2.21. The summed E-state index contributed by atoms with van der Waals surface area (Å²) in [5.74, 6) is 0.961. The summed E-state index contributed by atoms with van der Waals surface area (Å²) in [6.07, 6.45) is 3.60. The summed E-state index contributed by atoms with van der Waals surface area (Å²) in [6, 6.07) is 9.17. The topological polar surface area (TPSA) is 42.4 Å². The molecule has 0 spiro atoms. The lowest BCUT2D eigenvalue weighted by Crippen LogP contribution is -1.82. The van der Waals surface area contributed by atoms with Crippen LogP contribution in [-0.4, -0.2) is 17.2 Å². The number of benzene rings is 1. The molecule has 0 radical (unpaired) electrons. The molecule has 1 N–H and O–H groups in total. The molecule has 3 nitrogen and oxygen atoms in total. The first-order valence-corrected chi connectivity index (χ1v) is 7.33. The van der Waals surface area contributed by atoms with Gasteiger partial charge in [-0.3, -0.25) is 4.98 Å². The molecule has 3 heteroatoms.